The molecule has 2 fully saturated rings. The van der Waals surface area contributed by atoms with Crippen LogP contribution in [0.2, 0.25) is 0 Å². The molecule has 6 nitrogen and oxygen atoms in total. The summed E-state index contributed by atoms with van der Waals surface area (Å²) in [4.78, 5) is 14.0. The molecule has 1 aromatic heterocycles. The second kappa shape index (κ2) is 9.74. The summed E-state index contributed by atoms with van der Waals surface area (Å²) in [6.07, 6.45) is 8.80. The first-order valence-electron chi connectivity index (χ1n) is 10.7. The normalized spacial score (nSPS) is 18.0. The summed E-state index contributed by atoms with van der Waals surface area (Å²) in [6, 6.07) is 10.8. The van der Waals surface area contributed by atoms with E-state index in [0.717, 1.165) is 50.2 Å². The molecular formula is C23H31N5O. The lowest BCUT2D eigenvalue weighted by atomic mass is 10.1. The number of aromatic nitrogens is 2. The fourth-order valence-electron chi connectivity index (χ4n) is 3.97. The van der Waals surface area contributed by atoms with E-state index >= 15 is 0 Å². The molecule has 2 saturated heterocycles. The van der Waals surface area contributed by atoms with Gasteiger partial charge in [0.15, 0.2) is 0 Å². The van der Waals surface area contributed by atoms with Gasteiger partial charge in [0, 0.05) is 38.9 Å². The highest BCUT2D eigenvalue weighted by atomic mass is 16.5. The van der Waals surface area contributed by atoms with Crippen LogP contribution in [0.5, 0.6) is 5.75 Å². The fourth-order valence-corrected chi connectivity index (χ4v) is 3.97. The molecule has 0 radical (unpaired) electrons. The predicted molar refractivity (Wildman–Crippen MR) is 118 cm³/mol. The van der Waals surface area contributed by atoms with Crippen LogP contribution in [0.15, 0.2) is 49.2 Å². The van der Waals surface area contributed by atoms with E-state index in [2.05, 4.69) is 38.8 Å². The maximum absolute atomic E-state index is 5.54. The third-order valence-electron chi connectivity index (χ3n) is 5.56. The van der Waals surface area contributed by atoms with E-state index in [9.17, 15) is 0 Å². The summed E-state index contributed by atoms with van der Waals surface area (Å²) in [6.45, 7) is 9.38. The number of nitrogens with one attached hydrogen (secondary N) is 1. The Balaban J connectivity index is 1.24. The van der Waals surface area contributed by atoms with E-state index in [1.54, 1.807) is 6.08 Å². The van der Waals surface area contributed by atoms with E-state index in [1.165, 1.54) is 31.2 Å². The molecule has 3 heterocycles. The van der Waals surface area contributed by atoms with Gasteiger partial charge in [-0.2, -0.15) is 4.98 Å². The van der Waals surface area contributed by atoms with E-state index in [4.69, 9.17) is 9.72 Å². The molecule has 0 saturated carbocycles. The molecule has 6 heteroatoms. The van der Waals surface area contributed by atoms with Crippen LogP contribution in [0.3, 0.4) is 0 Å². The van der Waals surface area contributed by atoms with Crippen molar-refractivity contribution in [2.75, 3.05) is 43.0 Å². The zero-order chi connectivity index (χ0) is 19.9. The molecule has 0 unspecified atom stereocenters. The van der Waals surface area contributed by atoms with Gasteiger partial charge >= 0.3 is 0 Å². The quantitative estimate of drug-likeness (QED) is 0.690. The first kappa shape index (κ1) is 19.7. The van der Waals surface area contributed by atoms with Crippen LogP contribution in [0.25, 0.3) is 0 Å². The first-order valence-corrected chi connectivity index (χ1v) is 10.7. The largest absolute Gasteiger partial charge is 0.490 e. The maximum Gasteiger partial charge on any atom is 0.224 e. The second-order valence-electron chi connectivity index (χ2n) is 7.92. The van der Waals surface area contributed by atoms with Crippen LogP contribution in [0, 0.1) is 0 Å². The minimum Gasteiger partial charge on any atom is -0.490 e. The second-order valence-corrected chi connectivity index (χ2v) is 7.92. The highest BCUT2D eigenvalue weighted by Gasteiger charge is 2.27. The Morgan fingerprint density at radius 2 is 1.83 bits per heavy atom. The van der Waals surface area contributed by atoms with Gasteiger partial charge in [0.05, 0.1) is 6.04 Å². The average molecular weight is 394 g/mol. The fraction of sp³-hybridized carbons (Fsp3) is 0.478. The minimum atomic E-state index is 0.407. The Morgan fingerprint density at radius 3 is 2.55 bits per heavy atom. The lowest BCUT2D eigenvalue weighted by Crippen LogP contribution is -2.54. The van der Waals surface area contributed by atoms with Crippen molar-refractivity contribution in [2.24, 2.45) is 0 Å². The SMILES string of the molecule is C=CCOc1ccc(CN2CC(Nc3nccc(N4CCCCCC4)n3)C2)cc1. The Morgan fingerprint density at radius 1 is 1.07 bits per heavy atom. The summed E-state index contributed by atoms with van der Waals surface area (Å²) in [7, 11) is 0. The van der Waals surface area contributed by atoms with Gasteiger partial charge < -0.3 is 15.0 Å². The molecule has 2 aromatic rings. The molecule has 0 amide bonds. The molecule has 0 aliphatic carbocycles. The summed E-state index contributed by atoms with van der Waals surface area (Å²) in [5.74, 6) is 2.69. The molecule has 4 rings (SSSR count). The van der Waals surface area contributed by atoms with Gasteiger partial charge in [-0.05, 0) is 36.6 Å². The van der Waals surface area contributed by atoms with Crippen molar-refractivity contribution in [1.82, 2.24) is 14.9 Å². The van der Waals surface area contributed by atoms with Crippen molar-refractivity contribution in [2.45, 2.75) is 38.3 Å². The van der Waals surface area contributed by atoms with Gasteiger partial charge in [-0.15, -0.1) is 0 Å². The average Bonchev–Trinajstić information content (AvgIpc) is 3.01. The monoisotopic (exact) mass is 393 g/mol. The Labute approximate surface area is 173 Å². The van der Waals surface area contributed by atoms with Gasteiger partial charge in [0.25, 0.3) is 0 Å². The van der Waals surface area contributed by atoms with Crippen LogP contribution in [0.4, 0.5) is 11.8 Å². The zero-order valence-electron chi connectivity index (χ0n) is 17.1. The molecule has 1 N–H and O–H groups in total. The van der Waals surface area contributed by atoms with Gasteiger partial charge in [-0.1, -0.05) is 37.6 Å². The number of ether oxygens (including phenoxy) is 1. The van der Waals surface area contributed by atoms with Crippen LogP contribution >= 0.6 is 0 Å². The molecule has 2 aliphatic heterocycles. The molecule has 0 spiro atoms. The summed E-state index contributed by atoms with van der Waals surface area (Å²) in [5.41, 5.74) is 1.30. The van der Waals surface area contributed by atoms with Gasteiger partial charge in [-0.25, -0.2) is 4.98 Å². The number of likely N-dealkylation sites (tertiary alicyclic amines) is 1. The standard InChI is InChI=1S/C23H31N5O/c1-2-15-29-21-9-7-19(8-10-21)16-27-17-20(18-27)25-23-24-12-11-22(26-23)28-13-5-3-4-6-14-28/h2,7-12,20H,1,3-6,13-18H2,(H,24,25,26). The highest BCUT2D eigenvalue weighted by Crippen LogP contribution is 2.21. The predicted octanol–water partition coefficient (Wildman–Crippen LogP) is 3.72. The molecule has 1 aromatic carbocycles. The van der Waals surface area contributed by atoms with Crippen molar-refractivity contribution in [3.05, 3.63) is 54.7 Å². The summed E-state index contributed by atoms with van der Waals surface area (Å²) >= 11 is 0. The number of hydrogen-bond acceptors (Lipinski definition) is 6. The lowest BCUT2D eigenvalue weighted by molar-refractivity contribution is 0.152. The van der Waals surface area contributed by atoms with Crippen LogP contribution in [0.1, 0.15) is 31.2 Å². The lowest BCUT2D eigenvalue weighted by Gasteiger charge is -2.39. The van der Waals surface area contributed by atoms with Gasteiger partial charge in [-0.3, -0.25) is 4.90 Å². The number of rotatable bonds is 8. The van der Waals surface area contributed by atoms with E-state index in [1.807, 2.05) is 24.4 Å². The third kappa shape index (κ3) is 5.48. The van der Waals surface area contributed by atoms with E-state index in [0.29, 0.717) is 12.6 Å². The first-order chi connectivity index (χ1) is 14.3. The van der Waals surface area contributed by atoms with Crippen molar-refractivity contribution in [3.8, 4) is 5.75 Å². The highest BCUT2D eigenvalue weighted by molar-refractivity contribution is 5.43. The smallest absolute Gasteiger partial charge is 0.224 e. The summed E-state index contributed by atoms with van der Waals surface area (Å²) in [5, 5.41) is 3.50. The van der Waals surface area contributed by atoms with Crippen molar-refractivity contribution in [3.63, 3.8) is 0 Å². The number of anilines is 2. The summed E-state index contributed by atoms with van der Waals surface area (Å²) < 4.78 is 5.54. The Kier molecular flexibility index (Phi) is 6.62. The van der Waals surface area contributed by atoms with Crippen LogP contribution in [-0.4, -0.2) is 53.7 Å². The van der Waals surface area contributed by atoms with Crippen LogP contribution < -0.4 is 15.0 Å². The van der Waals surface area contributed by atoms with Gasteiger partial charge in [0.2, 0.25) is 5.95 Å². The molecular weight excluding hydrogens is 362 g/mol. The number of benzene rings is 1. The number of nitrogens with zero attached hydrogens (tertiary/aromatic N) is 4. The zero-order valence-corrected chi connectivity index (χ0v) is 17.1. The molecule has 29 heavy (non-hydrogen) atoms. The molecule has 154 valence electrons. The van der Waals surface area contributed by atoms with E-state index in [-0.39, 0.29) is 0 Å². The number of hydrogen-bond donors (Lipinski definition) is 1. The van der Waals surface area contributed by atoms with Crippen molar-refractivity contribution >= 4 is 11.8 Å². The third-order valence-corrected chi connectivity index (χ3v) is 5.56. The van der Waals surface area contributed by atoms with Crippen LogP contribution in [-0.2, 0) is 6.54 Å². The minimum absolute atomic E-state index is 0.407. The molecule has 0 atom stereocenters. The Hall–Kier alpha value is -2.60. The molecule has 0 bridgehead atoms. The topological polar surface area (TPSA) is 53.5 Å². The maximum atomic E-state index is 5.54. The van der Waals surface area contributed by atoms with E-state index < -0.39 is 0 Å². The van der Waals surface area contributed by atoms with Crippen molar-refractivity contribution < 1.29 is 4.74 Å². The van der Waals surface area contributed by atoms with Crippen molar-refractivity contribution in [1.29, 1.82) is 0 Å². The Bertz CT molecular complexity index is 780. The van der Waals surface area contributed by atoms with Gasteiger partial charge in [0.1, 0.15) is 18.2 Å². The molecule has 2 aliphatic rings.